The van der Waals surface area contributed by atoms with Crippen LogP contribution in [0.15, 0.2) is 0 Å². The second-order valence-corrected chi connectivity index (χ2v) is 6.44. The van der Waals surface area contributed by atoms with Crippen LogP contribution < -0.4 is 5.32 Å². The van der Waals surface area contributed by atoms with Crippen LogP contribution in [0.25, 0.3) is 0 Å². The Morgan fingerprint density at radius 3 is 2.32 bits per heavy atom. The van der Waals surface area contributed by atoms with Crippen molar-refractivity contribution in [3.8, 4) is 0 Å². The van der Waals surface area contributed by atoms with Crippen LogP contribution in [0.3, 0.4) is 0 Å². The first-order valence-electron chi connectivity index (χ1n) is 8.21. The third kappa shape index (κ3) is 5.05. The molecular weight excluding hydrogens is 234 g/mol. The molecule has 0 aromatic carbocycles. The van der Waals surface area contributed by atoms with Crippen molar-refractivity contribution in [1.29, 1.82) is 0 Å². The number of likely N-dealkylation sites (tertiary alicyclic amines) is 1. The number of hydrogen-bond acceptors (Lipinski definition) is 3. The van der Waals surface area contributed by atoms with Crippen molar-refractivity contribution in [3.63, 3.8) is 0 Å². The third-order valence-corrected chi connectivity index (χ3v) is 4.77. The fourth-order valence-corrected chi connectivity index (χ4v) is 3.13. The lowest BCUT2D eigenvalue weighted by Gasteiger charge is -2.32. The quantitative estimate of drug-likeness (QED) is 0.730. The molecule has 1 rings (SSSR count). The Balaban J connectivity index is 2.40. The highest BCUT2D eigenvalue weighted by Crippen LogP contribution is 2.21. The van der Waals surface area contributed by atoms with E-state index in [2.05, 4.69) is 56.7 Å². The number of nitrogens with zero attached hydrogens (tertiary/aromatic N) is 2. The maximum atomic E-state index is 3.57. The van der Waals surface area contributed by atoms with Gasteiger partial charge in [0.05, 0.1) is 0 Å². The third-order valence-electron chi connectivity index (χ3n) is 4.77. The van der Waals surface area contributed by atoms with Gasteiger partial charge in [0, 0.05) is 31.2 Å². The topological polar surface area (TPSA) is 18.5 Å². The van der Waals surface area contributed by atoms with Crippen LogP contribution in [0.5, 0.6) is 0 Å². The van der Waals surface area contributed by atoms with Gasteiger partial charge in [-0.25, -0.2) is 0 Å². The molecule has 0 aromatic rings. The van der Waals surface area contributed by atoms with Crippen LogP contribution in [0, 0.1) is 5.92 Å². The number of rotatable bonds is 8. The van der Waals surface area contributed by atoms with E-state index in [1.54, 1.807) is 0 Å². The van der Waals surface area contributed by atoms with Gasteiger partial charge >= 0.3 is 0 Å². The van der Waals surface area contributed by atoms with E-state index in [0.29, 0.717) is 12.1 Å². The molecule has 1 heterocycles. The van der Waals surface area contributed by atoms with E-state index >= 15 is 0 Å². The maximum Gasteiger partial charge on any atom is 0.0235 e. The van der Waals surface area contributed by atoms with Crippen molar-refractivity contribution in [2.24, 2.45) is 5.92 Å². The summed E-state index contributed by atoms with van der Waals surface area (Å²) in [6, 6.07) is 2.06. The predicted molar refractivity (Wildman–Crippen MR) is 84.7 cm³/mol. The first kappa shape index (κ1) is 16.9. The lowest BCUT2D eigenvalue weighted by Crippen LogP contribution is -2.43. The van der Waals surface area contributed by atoms with Crippen LogP contribution >= 0.6 is 0 Å². The molecule has 0 amide bonds. The van der Waals surface area contributed by atoms with Crippen molar-refractivity contribution in [2.75, 3.05) is 32.7 Å². The zero-order valence-corrected chi connectivity index (χ0v) is 13.9. The van der Waals surface area contributed by atoms with Crippen molar-refractivity contribution < 1.29 is 0 Å². The molecule has 114 valence electrons. The molecule has 1 N–H and O–H groups in total. The lowest BCUT2D eigenvalue weighted by molar-refractivity contribution is 0.164. The van der Waals surface area contributed by atoms with Crippen molar-refractivity contribution in [3.05, 3.63) is 0 Å². The van der Waals surface area contributed by atoms with E-state index in [-0.39, 0.29) is 0 Å². The molecule has 3 heteroatoms. The van der Waals surface area contributed by atoms with Crippen LogP contribution in [0.2, 0.25) is 0 Å². The van der Waals surface area contributed by atoms with Gasteiger partial charge in [-0.05, 0) is 38.9 Å². The molecule has 3 nitrogen and oxygen atoms in total. The Hall–Kier alpha value is -0.120. The molecule has 19 heavy (non-hydrogen) atoms. The van der Waals surface area contributed by atoms with Crippen molar-refractivity contribution in [2.45, 2.75) is 66.1 Å². The van der Waals surface area contributed by atoms with E-state index in [4.69, 9.17) is 0 Å². The number of nitrogens with one attached hydrogen (secondary N) is 1. The molecule has 3 unspecified atom stereocenters. The maximum absolute atomic E-state index is 3.57. The first-order chi connectivity index (χ1) is 8.99. The number of hydrogen-bond donors (Lipinski definition) is 1. The van der Waals surface area contributed by atoms with Crippen LogP contribution in [0.1, 0.15) is 48.0 Å². The summed E-state index contributed by atoms with van der Waals surface area (Å²) in [6.07, 6.45) is 1.34. The van der Waals surface area contributed by atoms with Gasteiger partial charge in [0.15, 0.2) is 0 Å². The van der Waals surface area contributed by atoms with Crippen LogP contribution in [-0.2, 0) is 0 Å². The summed E-state index contributed by atoms with van der Waals surface area (Å²) >= 11 is 0. The van der Waals surface area contributed by atoms with Gasteiger partial charge in [0.25, 0.3) is 0 Å². The Kier molecular flexibility index (Phi) is 7.33. The first-order valence-corrected chi connectivity index (χ1v) is 8.21. The van der Waals surface area contributed by atoms with Gasteiger partial charge in [-0.1, -0.05) is 34.6 Å². The Labute approximate surface area is 120 Å². The van der Waals surface area contributed by atoms with Crippen LogP contribution in [-0.4, -0.2) is 60.6 Å². The van der Waals surface area contributed by atoms with Crippen molar-refractivity contribution >= 4 is 0 Å². The average molecular weight is 269 g/mol. The molecule has 1 fully saturated rings. The molecule has 0 saturated carbocycles. The highest BCUT2D eigenvalue weighted by Gasteiger charge is 2.30. The Bertz CT molecular complexity index is 238. The minimum atomic E-state index is 0.594. The van der Waals surface area contributed by atoms with Gasteiger partial charge in [-0.3, -0.25) is 9.80 Å². The minimum Gasteiger partial charge on any atom is -0.314 e. The molecule has 0 aromatic heterocycles. The fourth-order valence-electron chi connectivity index (χ4n) is 3.13. The highest BCUT2D eigenvalue weighted by molar-refractivity contribution is 4.87. The molecular formula is C16H35N3. The molecule has 0 spiro atoms. The smallest absolute Gasteiger partial charge is 0.0235 e. The average Bonchev–Trinajstić information content (AvgIpc) is 2.86. The zero-order valence-electron chi connectivity index (χ0n) is 13.9. The Morgan fingerprint density at radius 1 is 1.16 bits per heavy atom. The van der Waals surface area contributed by atoms with Gasteiger partial charge in [0.2, 0.25) is 0 Å². The van der Waals surface area contributed by atoms with E-state index < -0.39 is 0 Å². The highest BCUT2D eigenvalue weighted by atomic mass is 15.3. The SMILES string of the molecule is CCN(CC)C1CCN(C(C)C(C)CNC(C)C)C1. The Morgan fingerprint density at radius 2 is 1.79 bits per heavy atom. The summed E-state index contributed by atoms with van der Waals surface area (Å²) in [5.74, 6) is 0.720. The van der Waals surface area contributed by atoms with Crippen LogP contribution in [0.4, 0.5) is 0 Å². The summed E-state index contributed by atoms with van der Waals surface area (Å²) in [7, 11) is 0. The monoisotopic (exact) mass is 269 g/mol. The zero-order chi connectivity index (χ0) is 14.4. The van der Waals surface area contributed by atoms with E-state index in [1.165, 1.54) is 32.6 Å². The summed E-state index contributed by atoms with van der Waals surface area (Å²) in [5.41, 5.74) is 0. The van der Waals surface area contributed by atoms with Gasteiger partial charge in [-0.15, -0.1) is 0 Å². The number of likely N-dealkylation sites (N-methyl/N-ethyl adjacent to an activating group) is 1. The second kappa shape index (κ2) is 8.23. The molecule has 0 aliphatic carbocycles. The minimum absolute atomic E-state index is 0.594. The summed E-state index contributed by atoms with van der Waals surface area (Å²) in [4.78, 5) is 5.30. The van der Waals surface area contributed by atoms with Crippen molar-refractivity contribution in [1.82, 2.24) is 15.1 Å². The fraction of sp³-hybridized carbons (Fsp3) is 1.00. The molecule has 1 aliphatic heterocycles. The van der Waals surface area contributed by atoms with Gasteiger partial charge in [0.1, 0.15) is 0 Å². The standard InChI is InChI=1S/C16H35N3/c1-7-18(8-2)16-9-10-19(12-16)15(6)14(5)11-17-13(3)4/h13-17H,7-12H2,1-6H3. The van der Waals surface area contributed by atoms with Gasteiger partial charge < -0.3 is 5.32 Å². The normalized spacial score (nSPS) is 24.3. The largest absolute Gasteiger partial charge is 0.314 e. The lowest BCUT2D eigenvalue weighted by atomic mass is 10.0. The molecule has 0 bridgehead atoms. The second-order valence-electron chi connectivity index (χ2n) is 6.44. The summed E-state index contributed by atoms with van der Waals surface area (Å²) in [5, 5.41) is 3.57. The summed E-state index contributed by atoms with van der Waals surface area (Å²) in [6.45, 7) is 19.8. The van der Waals surface area contributed by atoms with E-state index in [0.717, 1.165) is 18.5 Å². The molecule has 3 atom stereocenters. The van der Waals surface area contributed by atoms with Gasteiger partial charge in [-0.2, -0.15) is 0 Å². The predicted octanol–water partition coefficient (Wildman–Crippen LogP) is 2.43. The molecule has 0 radical (unpaired) electrons. The molecule has 1 aliphatic rings. The van der Waals surface area contributed by atoms with E-state index in [1.807, 2.05) is 0 Å². The summed E-state index contributed by atoms with van der Waals surface area (Å²) < 4.78 is 0. The van der Waals surface area contributed by atoms with E-state index in [9.17, 15) is 0 Å². The molecule has 1 saturated heterocycles.